The molecule has 3 aromatic heterocycles. The zero-order chi connectivity index (χ0) is 20.2. The number of ether oxygens (including phenoxy) is 1. The molecule has 1 aromatic carbocycles. The molecule has 0 aliphatic rings. The summed E-state index contributed by atoms with van der Waals surface area (Å²) in [5.41, 5.74) is 2.37. The number of nitrogens with zero attached hydrogens (tertiary/aromatic N) is 3. The number of aryl methyl sites for hydroxylation is 1. The van der Waals surface area contributed by atoms with Crippen LogP contribution in [-0.2, 0) is 0 Å². The summed E-state index contributed by atoms with van der Waals surface area (Å²) in [6, 6.07) is 15.1. The molecule has 0 amide bonds. The SMILES string of the molecule is COc1cccc(C(=O)CSc2ccc(-c3sc(-c4cccs4)nc3C)nn2)c1. The number of rotatable bonds is 7. The van der Waals surface area contributed by atoms with Gasteiger partial charge < -0.3 is 4.74 Å². The van der Waals surface area contributed by atoms with Crippen molar-refractivity contribution in [3.63, 3.8) is 0 Å². The Morgan fingerprint density at radius 2 is 2.03 bits per heavy atom. The lowest BCUT2D eigenvalue weighted by Crippen LogP contribution is -2.03. The minimum atomic E-state index is 0.0265. The van der Waals surface area contributed by atoms with E-state index in [2.05, 4.69) is 21.2 Å². The first-order valence-corrected chi connectivity index (χ1v) is 11.5. The summed E-state index contributed by atoms with van der Waals surface area (Å²) in [7, 11) is 1.59. The number of thioether (sulfide) groups is 1. The van der Waals surface area contributed by atoms with Gasteiger partial charge in [-0.25, -0.2) is 4.98 Å². The first kappa shape index (κ1) is 19.8. The second-order valence-corrected chi connectivity index (χ2v) is 9.05. The average molecular weight is 440 g/mol. The van der Waals surface area contributed by atoms with Gasteiger partial charge in [0, 0.05) is 5.56 Å². The molecule has 4 aromatic rings. The minimum absolute atomic E-state index is 0.0265. The van der Waals surface area contributed by atoms with Gasteiger partial charge in [0.1, 0.15) is 21.5 Å². The fraction of sp³-hybridized carbons (Fsp3) is 0.143. The maximum atomic E-state index is 12.4. The van der Waals surface area contributed by atoms with E-state index in [4.69, 9.17) is 4.74 Å². The number of carbonyl (C=O) groups excluding carboxylic acids is 1. The second kappa shape index (κ2) is 8.86. The molecule has 0 unspecified atom stereocenters. The largest absolute Gasteiger partial charge is 0.497 e. The Morgan fingerprint density at radius 3 is 2.76 bits per heavy atom. The van der Waals surface area contributed by atoms with E-state index in [0.717, 1.165) is 26.1 Å². The van der Waals surface area contributed by atoms with E-state index in [1.165, 1.54) is 11.8 Å². The quantitative estimate of drug-likeness (QED) is 0.275. The maximum Gasteiger partial charge on any atom is 0.173 e. The van der Waals surface area contributed by atoms with Crippen LogP contribution in [0.3, 0.4) is 0 Å². The molecule has 146 valence electrons. The molecule has 8 heteroatoms. The smallest absolute Gasteiger partial charge is 0.173 e. The van der Waals surface area contributed by atoms with Gasteiger partial charge in [0.15, 0.2) is 5.78 Å². The van der Waals surface area contributed by atoms with Crippen LogP contribution in [0.1, 0.15) is 16.1 Å². The summed E-state index contributed by atoms with van der Waals surface area (Å²) in [6.45, 7) is 1.99. The molecule has 0 saturated heterocycles. The Bertz CT molecular complexity index is 1120. The third kappa shape index (κ3) is 4.55. The fourth-order valence-corrected chi connectivity index (χ4v) is 5.21. The number of hydrogen-bond donors (Lipinski definition) is 0. The number of thiophene rings is 1. The molecular formula is C21H17N3O2S3. The van der Waals surface area contributed by atoms with Gasteiger partial charge in [-0.05, 0) is 42.6 Å². The van der Waals surface area contributed by atoms with Crippen molar-refractivity contribution in [2.45, 2.75) is 11.9 Å². The molecule has 3 heterocycles. The molecular weight excluding hydrogens is 422 g/mol. The predicted molar refractivity (Wildman–Crippen MR) is 119 cm³/mol. The molecule has 0 fully saturated rings. The first-order valence-electron chi connectivity index (χ1n) is 8.79. The lowest BCUT2D eigenvalue weighted by atomic mass is 10.1. The standard InChI is InChI=1S/C21H17N3O2S3/c1-13-20(29-21(22-13)18-7-4-10-27-18)16-8-9-19(24-23-16)28-12-17(25)14-5-3-6-15(11-14)26-2/h3-11H,12H2,1-2H3. The lowest BCUT2D eigenvalue weighted by molar-refractivity contribution is 0.102. The van der Waals surface area contributed by atoms with Crippen molar-refractivity contribution in [2.75, 3.05) is 12.9 Å². The first-order chi connectivity index (χ1) is 14.1. The van der Waals surface area contributed by atoms with Crippen molar-refractivity contribution < 1.29 is 9.53 Å². The molecule has 0 aliphatic heterocycles. The van der Waals surface area contributed by atoms with Crippen LogP contribution in [0.15, 0.2) is 58.9 Å². The number of aromatic nitrogens is 3. The van der Waals surface area contributed by atoms with Gasteiger partial charge in [-0.1, -0.05) is 30.0 Å². The van der Waals surface area contributed by atoms with Gasteiger partial charge in [-0.3, -0.25) is 4.79 Å². The summed E-state index contributed by atoms with van der Waals surface area (Å²) < 4.78 is 5.17. The zero-order valence-corrected chi connectivity index (χ0v) is 18.2. The highest BCUT2D eigenvalue weighted by Crippen LogP contribution is 2.36. The van der Waals surface area contributed by atoms with Gasteiger partial charge in [-0.2, -0.15) is 0 Å². The van der Waals surface area contributed by atoms with E-state index in [0.29, 0.717) is 22.1 Å². The normalized spacial score (nSPS) is 10.8. The van der Waals surface area contributed by atoms with Crippen LogP contribution < -0.4 is 4.74 Å². The molecule has 5 nitrogen and oxygen atoms in total. The Balaban J connectivity index is 1.44. The lowest BCUT2D eigenvalue weighted by Gasteiger charge is -2.04. The van der Waals surface area contributed by atoms with E-state index < -0.39 is 0 Å². The average Bonchev–Trinajstić information content (AvgIpc) is 3.42. The minimum Gasteiger partial charge on any atom is -0.497 e. The van der Waals surface area contributed by atoms with Crippen molar-refractivity contribution in [1.82, 2.24) is 15.2 Å². The molecule has 0 bridgehead atoms. The summed E-state index contributed by atoms with van der Waals surface area (Å²) in [5.74, 6) is 0.994. The van der Waals surface area contributed by atoms with Crippen molar-refractivity contribution in [2.24, 2.45) is 0 Å². The Labute approximate surface area is 180 Å². The van der Waals surface area contributed by atoms with Crippen LogP contribution in [-0.4, -0.2) is 33.8 Å². The summed E-state index contributed by atoms with van der Waals surface area (Å²) in [5, 5.41) is 12.4. The second-order valence-electron chi connectivity index (χ2n) is 6.11. The van der Waals surface area contributed by atoms with E-state index in [1.54, 1.807) is 41.9 Å². The highest BCUT2D eigenvalue weighted by atomic mass is 32.2. The Hall–Kier alpha value is -2.55. The van der Waals surface area contributed by atoms with E-state index >= 15 is 0 Å². The number of Topliss-reactive ketones (excluding diaryl/α,β-unsaturated/α-hetero) is 1. The highest BCUT2D eigenvalue weighted by Gasteiger charge is 2.14. The van der Waals surface area contributed by atoms with Crippen LogP contribution >= 0.6 is 34.4 Å². The van der Waals surface area contributed by atoms with E-state index in [1.807, 2.05) is 42.6 Å². The number of benzene rings is 1. The number of methoxy groups -OCH3 is 1. The van der Waals surface area contributed by atoms with Crippen LogP contribution in [0.4, 0.5) is 0 Å². The number of thiazole rings is 1. The molecule has 0 N–H and O–H groups in total. The highest BCUT2D eigenvalue weighted by molar-refractivity contribution is 7.99. The summed E-state index contributed by atoms with van der Waals surface area (Å²) >= 11 is 4.67. The van der Waals surface area contributed by atoms with Crippen LogP contribution in [0.2, 0.25) is 0 Å². The third-order valence-corrected chi connectivity index (χ3v) is 7.28. The number of hydrogen-bond acceptors (Lipinski definition) is 8. The Morgan fingerprint density at radius 1 is 1.14 bits per heavy atom. The third-order valence-electron chi connectivity index (χ3n) is 4.14. The van der Waals surface area contributed by atoms with Gasteiger partial charge in [-0.15, -0.1) is 32.9 Å². The van der Waals surface area contributed by atoms with Gasteiger partial charge in [0.2, 0.25) is 0 Å². The van der Waals surface area contributed by atoms with E-state index in [-0.39, 0.29) is 5.78 Å². The fourth-order valence-electron chi connectivity index (χ4n) is 2.68. The van der Waals surface area contributed by atoms with Gasteiger partial charge in [0.05, 0.1) is 28.3 Å². The molecule has 0 spiro atoms. The van der Waals surface area contributed by atoms with Crippen LogP contribution in [0, 0.1) is 6.92 Å². The molecule has 0 radical (unpaired) electrons. The van der Waals surface area contributed by atoms with Crippen LogP contribution in [0.25, 0.3) is 20.5 Å². The molecule has 0 aliphatic carbocycles. The van der Waals surface area contributed by atoms with Crippen LogP contribution in [0.5, 0.6) is 5.75 Å². The Kier molecular flexibility index (Phi) is 6.03. The van der Waals surface area contributed by atoms with Crippen molar-refractivity contribution in [1.29, 1.82) is 0 Å². The van der Waals surface area contributed by atoms with E-state index in [9.17, 15) is 4.79 Å². The van der Waals surface area contributed by atoms with Gasteiger partial charge >= 0.3 is 0 Å². The zero-order valence-electron chi connectivity index (χ0n) is 15.8. The molecule has 0 atom stereocenters. The van der Waals surface area contributed by atoms with Crippen molar-refractivity contribution >= 4 is 40.2 Å². The topological polar surface area (TPSA) is 65.0 Å². The number of carbonyl (C=O) groups is 1. The summed E-state index contributed by atoms with van der Waals surface area (Å²) in [6.07, 6.45) is 0. The molecule has 29 heavy (non-hydrogen) atoms. The predicted octanol–water partition coefficient (Wildman–Crippen LogP) is 5.62. The summed E-state index contributed by atoms with van der Waals surface area (Å²) in [4.78, 5) is 19.2. The monoisotopic (exact) mass is 439 g/mol. The molecule has 0 saturated carbocycles. The molecule has 4 rings (SSSR count). The van der Waals surface area contributed by atoms with Crippen molar-refractivity contribution in [3.8, 4) is 26.2 Å². The number of ketones is 1. The maximum absolute atomic E-state index is 12.4. The van der Waals surface area contributed by atoms with Gasteiger partial charge in [0.25, 0.3) is 0 Å². The van der Waals surface area contributed by atoms with Crippen molar-refractivity contribution in [3.05, 3.63) is 65.2 Å².